The van der Waals surface area contributed by atoms with Crippen molar-refractivity contribution >= 4 is 23.4 Å². The largest absolute Gasteiger partial charge is 0.311 e. The molecule has 0 fully saturated rings. The van der Waals surface area contributed by atoms with Crippen molar-refractivity contribution in [2.24, 2.45) is 0 Å². The van der Waals surface area contributed by atoms with E-state index in [0.29, 0.717) is 17.8 Å². The summed E-state index contributed by atoms with van der Waals surface area (Å²) < 4.78 is 24.8. The molecule has 1 amide bonds. The van der Waals surface area contributed by atoms with E-state index in [1.807, 2.05) is 6.07 Å². The number of anilines is 1. The maximum atomic E-state index is 12.6. The molecule has 0 spiro atoms. The van der Waals surface area contributed by atoms with Gasteiger partial charge in [0.15, 0.2) is 5.16 Å². The molecule has 2 aromatic heterocycles. The number of H-pyrrole nitrogens is 1. The van der Waals surface area contributed by atoms with Crippen LogP contribution in [0.1, 0.15) is 29.8 Å². The standard InChI is InChI=1S/C17H18F2N4O2S/c1-10-11(15(25)22-17(21-10)26-16(18)19)6-7-14(24)23-9-3-4-12-13(23)5-2-8-20-12/h2,5,8,16H,3-4,6-7,9H2,1H3,(H,21,22,25). The third-order valence-corrected chi connectivity index (χ3v) is 4.84. The number of carbonyl (C=O) groups is 1. The molecule has 2 aromatic rings. The lowest BCUT2D eigenvalue weighted by Crippen LogP contribution is -2.36. The SMILES string of the molecule is Cc1nc(SC(F)F)[nH]c(=O)c1CCC(=O)N1CCCc2ncccc21. The van der Waals surface area contributed by atoms with Gasteiger partial charge in [0.05, 0.1) is 11.4 Å². The molecule has 6 nitrogen and oxygen atoms in total. The molecule has 0 aromatic carbocycles. The maximum absolute atomic E-state index is 12.6. The molecule has 26 heavy (non-hydrogen) atoms. The van der Waals surface area contributed by atoms with Gasteiger partial charge in [-0.15, -0.1) is 0 Å². The minimum absolute atomic E-state index is 0.0937. The molecular weight excluding hydrogens is 362 g/mol. The predicted molar refractivity (Wildman–Crippen MR) is 94.7 cm³/mol. The molecule has 0 saturated carbocycles. The van der Waals surface area contributed by atoms with Crippen LogP contribution in [0.4, 0.5) is 14.5 Å². The summed E-state index contributed by atoms with van der Waals surface area (Å²) in [7, 11) is 0. The molecule has 1 aliphatic rings. The number of thioether (sulfide) groups is 1. The van der Waals surface area contributed by atoms with Crippen LogP contribution in [0.15, 0.2) is 28.3 Å². The van der Waals surface area contributed by atoms with Gasteiger partial charge in [-0.05, 0) is 50.1 Å². The second-order valence-corrected chi connectivity index (χ2v) is 6.91. The summed E-state index contributed by atoms with van der Waals surface area (Å²) in [5.74, 6) is -2.75. The molecule has 3 rings (SSSR count). The Hall–Kier alpha value is -2.29. The Morgan fingerprint density at radius 3 is 3.00 bits per heavy atom. The van der Waals surface area contributed by atoms with Crippen molar-refractivity contribution in [3.05, 3.63) is 45.6 Å². The number of pyridine rings is 1. The first-order chi connectivity index (χ1) is 12.5. The van der Waals surface area contributed by atoms with Crippen LogP contribution in [-0.4, -0.2) is 33.2 Å². The monoisotopic (exact) mass is 380 g/mol. The number of hydrogen-bond donors (Lipinski definition) is 1. The molecule has 0 bridgehead atoms. The summed E-state index contributed by atoms with van der Waals surface area (Å²) >= 11 is 0.193. The third-order valence-electron chi connectivity index (χ3n) is 4.24. The van der Waals surface area contributed by atoms with Crippen molar-refractivity contribution in [2.45, 2.75) is 43.5 Å². The number of alkyl halides is 2. The first-order valence-electron chi connectivity index (χ1n) is 8.24. The lowest BCUT2D eigenvalue weighted by molar-refractivity contribution is -0.118. The average Bonchev–Trinajstić information content (AvgIpc) is 2.59. The molecule has 0 atom stereocenters. The zero-order valence-electron chi connectivity index (χ0n) is 14.2. The Morgan fingerprint density at radius 1 is 1.46 bits per heavy atom. The van der Waals surface area contributed by atoms with Gasteiger partial charge < -0.3 is 9.88 Å². The molecule has 138 valence electrons. The number of fused-ring (bicyclic) bond motifs is 1. The highest BCUT2D eigenvalue weighted by Crippen LogP contribution is 2.26. The lowest BCUT2D eigenvalue weighted by Gasteiger charge is -2.28. The van der Waals surface area contributed by atoms with E-state index in [-0.39, 0.29) is 35.7 Å². The number of aryl methyl sites for hydroxylation is 2. The summed E-state index contributed by atoms with van der Waals surface area (Å²) in [4.78, 5) is 37.1. The van der Waals surface area contributed by atoms with Gasteiger partial charge in [-0.1, -0.05) is 0 Å². The van der Waals surface area contributed by atoms with Gasteiger partial charge in [-0.25, -0.2) is 4.98 Å². The minimum Gasteiger partial charge on any atom is -0.311 e. The van der Waals surface area contributed by atoms with E-state index in [9.17, 15) is 18.4 Å². The molecule has 0 saturated heterocycles. The van der Waals surface area contributed by atoms with Crippen molar-refractivity contribution in [3.8, 4) is 0 Å². The van der Waals surface area contributed by atoms with Crippen LogP contribution in [0.2, 0.25) is 0 Å². The summed E-state index contributed by atoms with van der Waals surface area (Å²) in [5, 5.41) is -0.117. The Kier molecular flexibility index (Phi) is 5.65. The van der Waals surface area contributed by atoms with E-state index in [4.69, 9.17) is 0 Å². The van der Waals surface area contributed by atoms with Crippen LogP contribution in [0.3, 0.4) is 0 Å². The maximum Gasteiger partial charge on any atom is 0.291 e. The summed E-state index contributed by atoms with van der Waals surface area (Å²) in [6, 6.07) is 3.66. The average molecular weight is 380 g/mol. The van der Waals surface area contributed by atoms with Crippen LogP contribution in [0, 0.1) is 6.92 Å². The van der Waals surface area contributed by atoms with Crippen molar-refractivity contribution in [2.75, 3.05) is 11.4 Å². The molecule has 0 aliphatic carbocycles. The smallest absolute Gasteiger partial charge is 0.291 e. The fourth-order valence-electron chi connectivity index (χ4n) is 3.04. The van der Waals surface area contributed by atoms with E-state index in [0.717, 1.165) is 24.2 Å². The summed E-state index contributed by atoms with van der Waals surface area (Å²) in [5.41, 5.74) is 1.95. The summed E-state index contributed by atoms with van der Waals surface area (Å²) in [6.45, 7) is 2.21. The van der Waals surface area contributed by atoms with Crippen LogP contribution in [0.5, 0.6) is 0 Å². The molecule has 1 N–H and O–H groups in total. The van der Waals surface area contributed by atoms with E-state index in [1.54, 1.807) is 24.1 Å². The zero-order valence-corrected chi connectivity index (χ0v) is 15.0. The number of carbonyl (C=O) groups excluding carboxylic acids is 1. The third kappa shape index (κ3) is 4.09. The van der Waals surface area contributed by atoms with Gasteiger partial charge >= 0.3 is 0 Å². The highest BCUT2D eigenvalue weighted by atomic mass is 32.2. The van der Waals surface area contributed by atoms with Crippen LogP contribution in [0.25, 0.3) is 0 Å². The zero-order chi connectivity index (χ0) is 18.7. The topological polar surface area (TPSA) is 79.0 Å². The van der Waals surface area contributed by atoms with Crippen molar-refractivity contribution in [1.82, 2.24) is 15.0 Å². The number of rotatable bonds is 5. The van der Waals surface area contributed by atoms with E-state index >= 15 is 0 Å². The number of halogens is 2. The Bertz CT molecular complexity index is 872. The fourth-order valence-corrected chi connectivity index (χ4v) is 3.55. The molecule has 9 heteroatoms. The number of nitrogens with one attached hydrogen (secondary N) is 1. The number of hydrogen-bond acceptors (Lipinski definition) is 5. The fraction of sp³-hybridized carbons (Fsp3) is 0.412. The van der Waals surface area contributed by atoms with Crippen molar-refractivity contribution in [3.63, 3.8) is 0 Å². The summed E-state index contributed by atoms with van der Waals surface area (Å²) in [6.07, 6.45) is 3.74. The van der Waals surface area contributed by atoms with Gasteiger partial charge in [-0.2, -0.15) is 8.78 Å². The lowest BCUT2D eigenvalue weighted by atomic mass is 10.1. The van der Waals surface area contributed by atoms with E-state index in [1.165, 1.54) is 0 Å². The van der Waals surface area contributed by atoms with Gasteiger partial charge in [-0.3, -0.25) is 14.6 Å². The predicted octanol–water partition coefficient (Wildman–Crippen LogP) is 2.70. The Morgan fingerprint density at radius 2 is 2.27 bits per heavy atom. The van der Waals surface area contributed by atoms with Crippen LogP contribution >= 0.6 is 11.8 Å². The van der Waals surface area contributed by atoms with E-state index < -0.39 is 11.3 Å². The molecular formula is C17H18F2N4O2S. The second-order valence-electron chi connectivity index (χ2n) is 5.93. The highest BCUT2D eigenvalue weighted by molar-refractivity contribution is 7.99. The molecule has 0 unspecified atom stereocenters. The Balaban J connectivity index is 1.72. The van der Waals surface area contributed by atoms with Crippen LogP contribution < -0.4 is 10.5 Å². The second kappa shape index (κ2) is 7.94. The number of aromatic nitrogens is 3. The van der Waals surface area contributed by atoms with Gasteiger partial charge in [0.25, 0.3) is 11.3 Å². The van der Waals surface area contributed by atoms with Gasteiger partial charge in [0.1, 0.15) is 0 Å². The first-order valence-corrected chi connectivity index (χ1v) is 9.12. The first kappa shape index (κ1) is 18.5. The quantitative estimate of drug-likeness (QED) is 0.637. The number of nitrogens with zero attached hydrogens (tertiary/aromatic N) is 3. The Labute approximate surface area is 153 Å². The molecule has 0 radical (unpaired) electrons. The molecule has 1 aliphatic heterocycles. The molecule has 3 heterocycles. The number of aromatic amines is 1. The van der Waals surface area contributed by atoms with Crippen molar-refractivity contribution in [1.29, 1.82) is 0 Å². The highest BCUT2D eigenvalue weighted by Gasteiger charge is 2.23. The van der Waals surface area contributed by atoms with Gasteiger partial charge in [0.2, 0.25) is 5.91 Å². The van der Waals surface area contributed by atoms with E-state index in [2.05, 4.69) is 15.0 Å². The minimum atomic E-state index is -2.65. The normalized spacial score (nSPS) is 13.8. The van der Waals surface area contributed by atoms with Gasteiger partial charge in [0, 0.05) is 30.4 Å². The number of amides is 1. The van der Waals surface area contributed by atoms with Crippen molar-refractivity contribution < 1.29 is 13.6 Å². The van der Waals surface area contributed by atoms with Crippen LogP contribution in [-0.2, 0) is 17.6 Å².